The van der Waals surface area contributed by atoms with Crippen molar-refractivity contribution in [1.82, 2.24) is 30.8 Å². The normalized spacial score (nSPS) is 18.4. The lowest BCUT2D eigenvalue weighted by Gasteiger charge is -2.28. The summed E-state index contributed by atoms with van der Waals surface area (Å²) in [5.41, 5.74) is 2.66. The summed E-state index contributed by atoms with van der Waals surface area (Å²) in [6.45, 7) is 0. The molecule has 1 saturated carbocycles. The average molecular weight is 482 g/mol. The summed E-state index contributed by atoms with van der Waals surface area (Å²) in [5.74, 6) is 2.38. The average Bonchev–Trinajstić information content (AvgIpc) is 3.38. The van der Waals surface area contributed by atoms with Gasteiger partial charge in [-0.1, -0.05) is 29.5 Å². The maximum atomic E-state index is 12.7. The molecule has 35 heavy (non-hydrogen) atoms. The van der Waals surface area contributed by atoms with Gasteiger partial charge in [0.2, 0.25) is 0 Å². The number of hydrogen-bond acceptors (Lipinski definition) is 6. The number of H-pyrrole nitrogens is 2. The van der Waals surface area contributed by atoms with Crippen molar-refractivity contribution in [2.45, 2.75) is 44.2 Å². The Morgan fingerprint density at radius 3 is 2.31 bits per heavy atom. The van der Waals surface area contributed by atoms with E-state index in [2.05, 4.69) is 65.4 Å². The fourth-order valence-electron chi connectivity index (χ4n) is 4.53. The number of halogens is 3. The lowest BCUT2D eigenvalue weighted by atomic mass is 9.77. The summed E-state index contributed by atoms with van der Waals surface area (Å²) in [6.07, 6.45) is 2.30. The van der Waals surface area contributed by atoms with Crippen LogP contribution in [0.4, 0.5) is 24.7 Å². The van der Waals surface area contributed by atoms with Crippen LogP contribution < -0.4 is 10.3 Å². The van der Waals surface area contributed by atoms with Gasteiger partial charge in [0.15, 0.2) is 17.8 Å². The van der Waals surface area contributed by atoms with Gasteiger partial charge in [-0.15, -0.1) is 20.4 Å². The number of rotatable bonds is 6. The van der Waals surface area contributed by atoms with Crippen LogP contribution in [-0.4, -0.2) is 30.8 Å². The fraction of sp³-hybridized carbons (Fsp3) is 0.333. The van der Waals surface area contributed by atoms with Crippen LogP contribution in [0.3, 0.4) is 0 Å². The highest BCUT2D eigenvalue weighted by molar-refractivity contribution is 5.61. The molecular weight excluding hydrogens is 457 g/mol. The molecule has 5 rings (SSSR count). The maximum Gasteiger partial charge on any atom is 0.477 e. The lowest BCUT2D eigenvalue weighted by Crippen LogP contribution is -2.20. The number of benzene rings is 1. The van der Waals surface area contributed by atoms with Crippen LogP contribution in [-0.2, 0) is 12.6 Å². The van der Waals surface area contributed by atoms with E-state index < -0.39 is 11.9 Å². The van der Waals surface area contributed by atoms with Crippen LogP contribution in [0.25, 0.3) is 11.3 Å². The standard InChI is InChI=1S/C24H23F3N8/c25-24(26,27)21-11-9-19(14-28-21)29-22-12-10-20(30-31-22)18-7-5-17(6-8-18)16-3-1-15(2-4-16)13-23-32-34-35-33-23/h5-12,14-16H,1-4,13H2,(H,29,31)(H,32,33,34,35)/p+1. The minimum Gasteiger partial charge on any atom is -0.334 e. The largest absolute Gasteiger partial charge is 0.477 e. The molecule has 0 atom stereocenters. The summed E-state index contributed by atoms with van der Waals surface area (Å²) >= 11 is 0. The van der Waals surface area contributed by atoms with E-state index in [9.17, 15) is 13.2 Å². The summed E-state index contributed by atoms with van der Waals surface area (Å²) in [4.78, 5) is 2.23. The fourth-order valence-corrected chi connectivity index (χ4v) is 4.53. The van der Waals surface area contributed by atoms with Gasteiger partial charge in [0.25, 0.3) is 5.69 Å². The molecule has 0 bridgehead atoms. The molecule has 1 fully saturated rings. The number of anilines is 2. The summed E-state index contributed by atoms with van der Waals surface area (Å²) in [5, 5.41) is 25.6. The number of nitrogens with zero attached hydrogens (tertiary/aromatic N) is 5. The SMILES string of the molecule is FC(F)(F)c1ccc(Nc2ccc(-c3ccc(C4CCC(Cc5nn[nH]n5)CC4)cc3)nn2)c[nH+]1. The molecular formula is C24H24F3N8+. The highest BCUT2D eigenvalue weighted by atomic mass is 19.4. The first kappa shape index (κ1) is 22.9. The predicted octanol–water partition coefficient (Wildman–Crippen LogP) is 4.75. The molecule has 1 aromatic carbocycles. The Labute approximate surface area is 199 Å². The minimum absolute atomic E-state index is 0.441. The summed E-state index contributed by atoms with van der Waals surface area (Å²) < 4.78 is 38.0. The van der Waals surface area contributed by atoms with Gasteiger partial charge in [0.05, 0.1) is 5.69 Å². The molecule has 3 N–H and O–H groups in total. The number of nitrogens with one attached hydrogen (secondary N) is 3. The highest BCUT2D eigenvalue weighted by Crippen LogP contribution is 2.37. The van der Waals surface area contributed by atoms with Gasteiger partial charge in [-0.3, -0.25) is 0 Å². The van der Waals surface area contributed by atoms with Crippen LogP contribution in [0.5, 0.6) is 0 Å². The highest BCUT2D eigenvalue weighted by Gasteiger charge is 2.37. The molecule has 3 aromatic heterocycles. The number of aromatic nitrogens is 7. The third-order valence-electron chi connectivity index (χ3n) is 6.44. The number of pyridine rings is 1. The van der Waals surface area contributed by atoms with Crippen LogP contribution in [0.15, 0.2) is 54.7 Å². The molecule has 0 radical (unpaired) electrons. The molecule has 0 saturated heterocycles. The molecule has 180 valence electrons. The molecule has 0 amide bonds. The van der Waals surface area contributed by atoms with Crippen LogP contribution in [0.1, 0.15) is 48.7 Å². The first-order valence-electron chi connectivity index (χ1n) is 11.5. The van der Waals surface area contributed by atoms with E-state index in [0.717, 1.165) is 55.3 Å². The Morgan fingerprint density at radius 1 is 0.914 bits per heavy atom. The second-order valence-corrected chi connectivity index (χ2v) is 8.79. The second-order valence-electron chi connectivity index (χ2n) is 8.79. The first-order chi connectivity index (χ1) is 16.9. The Bertz CT molecular complexity index is 1220. The van der Waals surface area contributed by atoms with E-state index in [0.29, 0.717) is 23.3 Å². The minimum atomic E-state index is -4.41. The monoisotopic (exact) mass is 481 g/mol. The van der Waals surface area contributed by atoms with E-state index in [1.807, 2.05) is 6.07 Å². The zero-order valence-corrected chi connectivity index (χ0v) is 18.8. The smallest absolute Gasteiger partial charge is 0.334 e. The summed E-state index contributed by atoms with van der Waals surface area (Å²) in [6, 6.07) is 14.3. The molecule has 1 aliphatic rings. The molecule has 1 aliphatic carbocycles. The molecule has 3 heterocycles. The van der Waals surface area contributed by atoms with Crippen molar-refractivity contribution in [2.75, 3.05) is 5.32 Å². The van der Waals surface area contributed by atoms with Crippen molar-refractivity contribution in [3.8, 4) is 11.3 Å². The third kappa shape index (κ3) is 5.61. The Kier molecular flexibility index (Phi) is 6.39. The number of tetrazole rings is 1. The van der Waals surface area contributed by atoms with E-state index in [1.165, 1.54) is 17.8 Å². The number of hydrogen-bond donors (Lipinski definition) is 2. The van der Waals surface area contributed by atoms with Crippen molar-refractivity contribution in [3.05, 3.63) is 71.8 Å². The molecule has 0 aliphatic heterocycles. The maximum absolute atomic E-state index is 12.7. The molecule has 8 nitrogen and oxygen atoms in total. The van der Waals surface area contributed by atoms with Gasteiger partial charge in [-0.25, -0.2) is 4.98 Å². The zero-order chi connectivity index (χ0) is 24.3. The lowest BCUT2D eigenvalue weighted by molar-refractivity contribution is -0.425. The van der Waals surface area contributed by atoms with Gasteiger partial charge in [-0.05, 0) is 61.3 Å². The quantitative estimate of drug-likeness (QED) is 0.412. The predicted molar refractivity (Wildman–Crippen MR) is 121 cm³/mol. The van der Waals surface area contributed by atoms with Gasteiger partial charge >= 0.3 is 6.18 Å². The van der Waals surface area contributed by atoms with E-state index >= 15 is 0 Å². The van der Waals surface area contributed by atoms with Crippen molar-refractivity contribution < 1.29 is 18.2 Å². The van der Waals surface area contributed by atoms with Crippen molar-refractivity contribution in [1.29, 1.82) is 0 Å². The van der Waals surface area contributed by atoms with Crippen molar-refractivity contribution >= 4 is 11.5 Å². The van der Waals surface area contributed by atoms with Crippen molar-refractivity contribution in [2.24, 2.45) is 5.92 Å². The third-order valence-corrected chi connectivity index (χ3v) is 6.44. The van der Waals surface area contributed by atoms with Gasteiger partial charge in [-0.2, -0.15) is 18.4 Å². The molecule has 0 spiro atoms. The topological polar surface area (TPSA) is 106 Å². The Balaban J connectivity index is 1.17. The van der Waals surface area contributed by atoms with Gasteiger partial charge in [0.1, 0.15) is 5.69 Å². The Morgan fingerprint density at radius 2 is 1.71 bits per heavy atom. The Hall–Kier alpha value is -3.89. The molecule has 4 aromatic rings. The van der Waals surface area contributed by atoms with Crippen molar-refractivity contribution in [3.63, 3.8) is 0 Å². The first-order valence-corrected chi connectivity index (χ1v) is 11.5. The van der Waals surface area contributed by atoms with E-state index in [1.54, 1.807) is 6.07 Å². The summed E-state index contributed by atoms with van der Waals surface area (Å²) in [7, 11) is 0. The number of alkyl halides is 3. The molecule has 11 heteroatoms. The number of aromatic amines is 2. The van der Waals surface area contributed by atoms with E-state index in [-0.39, 0.29) is 0 Å². The van der Waals surface area contributed by atoms with Gasteiger partial charge < -0.3 is 5.32 Å². The zero-order valence-electron chi connectivity index (χ0n) is 18.8. The molecule has 0 unspecified atom stereocenters. The van der Waals surface area contributed by atoms with Crippen LogP contribution >= 0.6 is 0 Å². The van der Waals surface area contributed by atoms with Crippen LogP contribution in [0.2, 0.25) is 0 Å². The second kappa shape index (κ2) is 9.77. The van der Waals surface area contributed by atoms with Gasteiger partial charge in [0, 0.05) is 18.1 Å². The van der Waals surface area contributed by atoms with Crippen LogP contribution in [0, 0.1) is 5.92 Å². The van der Waals surface area contributed by atoms with E-state index in [4.69, 9.17) is 0 Å².